The Morgan fingerprint density at radius 2 is 2.33 bits per heavy atom. The Kier molecular flexibility index (Phi) is 4.54. The van der Waals surface area contributed by atoms with Crippen molar-refractivity contribution in [3.63, 3.8) is 0 Å². The van der Waals surface area contributed by atoms with Gasteiger partial charge in [-0.3, -0.25) is 9.58 Å². The summed E-state index contributed by atoms with van der Waals surface area (Å²) in [6.07, 6.45) is 8.04. The van der Waals surface area contributed by atoms with E-state index in [0.717, 1.165) is 44.8 Å². The van der Waals surface area contributed by atoms with E-state index in [1.54, 1.807) is 12.7 Å². The highest BCUT2D eigenvalue weighted by atomic mass is 15.5. The Bertz CT molecular complexity index is 534. The molecule has 8 heteroatoms. The van der Waals surface area contributed by atoms with Crippen molar-refractivity contribution in [1.29, 1.82) is 0 Å². The third-order valence-corrected chi connectivity index (χ3v) is 4.04. The first-order valence-electron chi connectivity index (χ1n) is 7.68. The average molecular weight is 290 g/mol. The minimum atomic E-state index is 0.489. The van der Waals surface area contributed by atoms with Gasteiger partial charge in [0.25, 0.3) is 0 Å². The number of nitrogens with zero attached hydrogens (tertiary/aromatic N) is 8. The van der Waals surface area contributed by atoms with Crippen molar-refractivity contribution in [1.82, 2.24) is 39.9 Å². The molecule has 114 valence electrons. The van der Waals surface area contributed by atoms with E-state index >= 15 is 0 Å². The average Bonchev–Trinajstić information content (AvgIpc) is 3.21. The predicted molar refractivity (Wildman–Crippen MR) is 76.2 cm³/mol. The zero-order valence-electron chi connectivity index (χ0n) is 12.5. The van der Waals surface area contributed by atoms with Crippen LogP contribution in [0.5, 0.6) is 0 Å². The van der Waals surface area contributed by atoms with Gasteiger partial charge < -0.3 is 0 Å². The third-order valence-electron chi connectivity index (χ3n) is 4.04. The molecule has 0 aliphatic carbocycles. The molecule has 21 heavy (non-hydrogen) atoms. The first-order chi connectivity index (χ1) is 10.4. The number of aromatic nitrogens is 7. The topological polar surface area (TPSA) is 77.5 Å². The fourth-order valence-electron chi connectivity index (χ4n) is 2.85. The van der Waals surface area contributed by atoms with E-state index in [1.165, 1.54) is 12.8 Å². The van der Waals surface area contributed by atoms with Gasteiger partial charge in [-0.25, -0.2) is 9.67 Å². The predicted octanol–water partition coefficient (Wildman–Crippen LogP) is 0.729. The molecule has 3 heterocycles. The summed E-state index contributed by atoms with van der Waals surface area (Å²) in [6, 6.07) is 0.489. The lowest BCUT2D eigenvalue weighted by atomic mass is 10.2. The lowest BCUT2D eigenvalue weighted by Crippen LogP contribution is -2.33. The Balaban J connectivity index is 1.62. The Hall–Kier alpha value is -1.83. The van der Waals surface area contributed by atoms with Crippen LogP contribution in [0.1, 0.15) is 38.4 Å². The van der Waals surface area contributed by atoms with Gasteiger partial charge in [-0.1, -0.05) is 13.3 Å². The maximum absolute atomic E-state index is 4.20. The quantitative estimate of drug-likeness (QED) is 0.748. The van der Waals surface area contributed by atoms with Crippen LogP contribution in [0, 0.1) is 0 Å². The standard InChI is InChI=1S/C13H22N8/c1-2-3-7-21-13(16-17-18-21)9-19-6-4-5-12(19)8-20-11-14-10-15-20/h10-12H,2-9H2,1H3. The zero-order chi connectivity index (χ0) is 14.5. The van der Waals surface area contributed by atoms with Crippen molar-refractivity contribution in [2.24, 2.45) is 0 Å². The highest BCUT2D eigenvalue weighted by Crippen LogP contribution is 2.20. The molecule has 0 spiro atoms. The van der Waals surface area contributed by atoms with E-state index in [1.807, 2.05) is 9.36 Å². The van der Waals surface area contributed by atoms with Crippen LogP contribution in [-0.2, 0) is 19.6 Å². The molecule has 0 saturated carbocycles. The summed E-state index contributed by atoms with van der Waals surface area (Å²) in [6.45, 7) is 5.88. The number of likely N-dealkylation sites (tertiary alicyclic amines) is 1. The molecule has 8 nitrogen and oxygen atoms in total. The normalized spacial score (nSPS) is 19.4. The zero-order valence-corrected chi connectivity index (χ0v) is 12.5. The molecule has 0 N–H and O–H groups in total. The molecule has 1 unspecified atom stereocenters. The van der Waals surface area contributed by atoms with Crippen LogP contribution in [-0.4, -0.2) is 52.5 Å². The van der Waals surface area contributed by atoms with Crippen molar-refractivity contribution in [3.05, 3.63) is 18.5 Å². The molecule has 1 atom stereocenters. The molecule has 1 saturated heterocycles. The maximum Gasteiger partial charge on any atom is 0.165 e. The van der Waals surface area contributed by atoms with E-state index in [9.17, 15) is 0 Å². The van der Waals surface area contributed by atoms with Crippen molar-refractivity contribution in [3.8, 4) is 0 Å². The smallest absolute Gasteiger partial charge is 0.165 e. The second-order valence-electron chi connectivity index (χ2n) is 5.56. The summed E-state index contributed by atoms with van der Waals surface area (Å²) in [5.41, 5.74) is 0. The van der Waals surface area contributed by atoms with E-state index < -0.39 is 0 Å². The van der Waals surface area contributed by atoms with Crippen molar-refractivity contribution < 1.29 is 0 Å². The molecule has 1 aliphatic heterocycles. The van der Waals surface area contributed by atoms with Crippen LogP contribution in [0.15, 0.2) is 12.7 Å². The summed E-state index contributed by atoms with van der Waals surface area (Å²) >= 11 is 0. The van der Waals surface area contributed by atoms with E-state index in [-0.39, 0.29) is 0 Å². The SMILES string of the molecule is CCCCn1nnnc1CN1CCCC1Cn1cncn1. The summed E-state index contributed by atoms with van der Waals surface area (Å²) < 4.78 is 3.84. The van der Waals surface area contributed by atoms with Gasteiger partial charge in [0.1, 0.15) is 12.7 Å². The van der Waals surface area contributed by atoms with Crippen molar-refractivity contribution in [2.75, 3.05) is 6.54 Å². The van der Waals surface area contributed by atoms with Crippen LogP contribution >= 0.6 is 0 Å². The van der Waals surface area contributed by atoms with Gasteiger partial charge in [0, 0.05) is 12.6 Å². The van der Waals surface area contributed by atoms with Gasteiger partial charge in [0.05, 0.1) is 13.1 Å². The number of tetrazole rings is 1. The van der Waals surface area contributed by atoms with Crippen LogP contribution in [0.2, 0.25) is 0 Å². The maximum atomic E-state index is 4.20. The molecule has 0 bridgehead atoms. The van der Waals surface area contributed by atoms with Crippen LogP contribution < -0.4 is 0 Å². The minimum Gasteiger partial charge on any atom is -0.291 e. The summed E-state index contributed by atoms with van der Waals surface area (Å²) in [4.78, 5) is 6.46. The van der Waals surface area contributed by atoms with Gasteiger partial charge in [-0.15, -0.1) is 5.10 Å². The highest BCUT2D eigenvalue weighted by Gasteiger charge is 2.26. The van der Waals surface area contributed by atoms with Crippen molar-refractivity contribution in [2.45, 2.75) is 58.3 Å². The lowest BCUT2D eigenvalue weighted by molar-refractivity contribution is 0.210. The summed E-state index contributed by atoms with van der Waals surface area (Å²) in [7, 11) is 0. The Morgan fingerprint density at radius 3 is 3.14 bits per heavy atom. The molecular formula is C13H22N8. The second kappa shape index (κ2) is 6.75. The monoisotopic (exact) mass is 290 g/mol. The molecule has 1 fully saturated rings. The van der Waals surface area contributed by atoms with E-state index in [2.05, 4.69) is 37.4 Å². The van der Waals surface area contributed by atoms with E-state index in [0.29, 0.717) is 6.04 Å². The first kappa shape index (κ1) is 14.1. The molecule has 0 aromatic carbocycles. The van der Waals surface area contributed by atoms with Crippen LogP contribution in [0.4, 0.5) is 0 Å². The molecule has 2 aromatic heterocycles. The van der Waals surface area contributed by atoms with Crippen LogP contribution in [0.3, 0.4) is 0 Å². The summed E-state index contributed by atoms with van der Waals surface area (Å²) in [5, 5.41) is 16.3. The third kappa shape index (κ3) is 3.44. The van der Waals surface area contributed by atoms with Gasteiger partial charge in [0.2, 0.25) is 0 Å². The Labute approximate surface area is 124 Å². The summed E-state index contributed by atoms with van der Waals surface area (Å²) in [5.74, 6) is 0.967. The number of rotatable bonds is 7. The number of hydrogen-bond acceptors (Lipinski definition) is 6. The highest BCUT2D eigenvalue weighted by molar-refractivity contribution is 4.87. The van der Waals surface area contributed by atoms with Crippen molar-refractivity contribution >= 4 is 0 Å². The largest absolute Gasteiger partial charge is 0.291 e. The van der Waals surface area contributed by atoms with Gasteiger partial charge >= 0.3 is 0 Å². The van der Waals surface area contributed by atoms with E-state index in [4.69, 9.17) is 0 Å². The van der Waals surface area contributed by atoms with Crippen LogP contribution in [0.25, 0.3) is 0 Å². The Morgan fingerprint density at radius 1 is 1.38 bits per heavy atom. The molecule has 2 aromatic rings. The number of hydrogen-bond donors (Lipinski definition) is 0. The van der Waals surface area contributed by atoms with Gasteiger partial charge in [0.15, 0.2) is 5.82 Å². The molecule has 0 radical (unpaired) electrons. The van der Waals surface area contributed by atoms with Gasteiger partial charge in [-0.05, 0) is 36.2 Å². The number of unbranched alkanes of at least 4 members (excludes halogenated alkanes) is 1. The number of aryl methyl sites for hydroxylation is 1. The molecule has 0 amide bonds. The molecule has 3 rings (SSSR count). The fraction of sp³-hybridized carbons (Fsp3) is 0.769. The molecule has 1 aliphatic rings. The minimum absolute atomic E-state index is 0.489. The lowest BCUT2D eigenvalue weighted by Gasteiger charge is -2.23. The fourth-order valence-corrected chi connectivity index (χ4v) is 2.85. The molecular weight excluding hydrogens is 268 g/mol. The second-order valence-corrected chi connectivity index (χ2v) is 5.56. The van der Waals surface area contributed by atoms with Gasteiger partial charge in [-0.2, -0.15) is 5.10 Å². The first-order valence-corrected chi connectivity index (χ1v) is 7.68.